The Labute approximate surface area is 190 Å². The molecule has 0 fully saturated rings. The number of carboxylic acids is 1. The zero-order valence-corrected chi connectivity index (χ0v) is 19.6. The molecule has 9 nitrogen and oxygen atoms in total. The number of nitrogens with two attached hydrogens (primary N) is 2. The Morgan fingerprint density at radius 2 is 1.72 bits per heavy atom. The van der Waals surface area contributed by atoms with Crippen molar-refractivity contribution in [3.63, 3.8) is 0 Å². The fourth-order valence-electron chi connectivity index (χ4n) is 2.82. The predicted octanol–water partition coefficient (Wildman–Crippen LogP) is 1.54. The van der Waals surface area contributed by atoms with Crippen molar-refractivity contribution in [1.29, 1.82) is 0 Å². The van der Waals surface area contributed by atoms with Gasteiger partial charge in [0.05, 0.1) is 5.60 Å². The van der Waals surface area contributed by atoms with Gasteiger partial charge in [0.25, 0.3) is 5.91 Å². The molecule has 7 N–H and O–H groups in total. The van der Waals surface area contributed by atoms with Crippen molar-refractivity contribution in [3.05, 3.63) is 35.4 Å². The number of amides is 2. The van der Waals surface area contributed by atoms with Crippen molar-refractivity contribution in [3.8, 4) is 0 Å². The van der Waals surface area contributed by atoms with E-state index in [4.69, 9.17) is 16.2 Å². The average molecular weight is 451 g/mol. The Bertz CT molecular complexity index is 757. The summed E-state index contributed by atoms with van der Waals surface area (Å²) in [6, 6.07) is 5.42. The van der Waals surface area contributed by atoms with Gasteiger partial charge in [0, 0.05) is 37.2 Å². The first-order valence-corrected chi connectivity index (χ1v) is 10.9. The zero-order chi connectivity index (χ0) is 24.4. The lowest BCUT2D eigenvalue weighted by molar-refractivity contribution is -0.139. The number of hydrogen-bond acceptors (Lipinski definition) is 6. The number of carbonyl (C=O) groups excluding carboxylic acids is 2. The smallest absolute Gasteiger partial charge is 0.326 e. The molecule has 0 aliphatic rings. The van der Waals surface area contributed by atoms with Crippen LogP contribution in [0.2, 0.25) is 0 Å². The standard InChI is InChI=1S/C23H38N4O5/c1-22(2,25)12-14-32-23(3,4)11-13-26-19(28)10-9-18(21(30)31)27-20(29)17-7-5-16(15-24)6-8-17/h5-8,18H,9-15,24-25H2,1-4H3,(H,26,28)(H,27,29)(H,30,31). The van der Waals surface area contributed by atoms with Gasteiger partial charge in [-0.2, -0.15) is 0 Å². The molecular weight excluding hydrogens is 412 g/mol. The van der Waals surface area contributed by atoms with Crippen molar-refractivity contribution in [2.75, 3.05) is 13.2 Å². The van der Waals surface area contributed by atoms with E-state index in [9.17, 15) is 19.5 Å². The molecule has 0 saturated carbocycles. The first-order valence-electron chi connectivity index (χ1n) is 10.9. The minimum absolute atomic E-state index is 0.0146. The number of nitrogens with one attached hydrogen (secondary N) is 2. The van der Waals surface area contributed by atoms with Crippen LogP contribution in [0.4, 0.5) is 0 Å². The van der Waals surface area contributed by atoms with Gasteiger partial charge in [0.2, 0.25) is 5.91 Å². The minimum atomic E-state index is -1.19. The highest BCUT2D eigenvalue weighted by Crippen LogP contribution is 2.16. The van der Waals surface area contributed by atoms with Crippen LogP contribution < -0.4 is 22.1 Å². The summed E-state index contributed by atoms with van der Waals surface area (Å²) in [6.07, 6.45) is 1.29. The summed E-state index contributed by atoms with van der Waals surface area (Å²) >= 11 is 0. The van der Waals surface area contributed by atoms with Gasteiger partial charge in [0.1, 0.15) is 6.04 Å². The molecule has 1 atom stereocenters. The molecule has 2 amide bonds. The van der Waals surface area contributed by atoms with Crippen LogP contribution in [-0.2, 0) is 20.9 Å². The van der Waals surface area contributed by atoms with E-state index in [2.05, 4.69) is 10.6 Å². The zero-order valence-electron chi connectivity index (χ0n) is 19.6. The highest BCUT2D eigenvalue weighted by atomic mass is 16.5. The third kappa shape index (κ3) is 11.2. The summed E-state index contributed by atoms with van der Waals surface area (Å²) < 4.78 is 5.85. The Morgan fingerprint density at radius 1 is 1.09 bits per heavy atom. The van der Waals surface area contributed by atoms with Crippen LogP contribution in [0.5, 0.6) is 0 Å². The normalized spacial score (nSPS) is 12.8. The molecule has 0 spiro atoms. The van der Waals surface area contributed by atoms with Crippen molar-refractivity contribution in [1.82, 2.24) is 10.6 Å². The Hall–Kier alpha value is -2.49. The Balaban J connectivity index is 2.42. The lowest BCUT2D eigenvalue weighted by Gasteiger charge is -2.28. The molecule has 0 bridgehead atoms. The molecule has 0 saturated heterocycles. The maximum absolute atomic E-state index is 12.3. The first-order chi connectivity index (χ1) is 14.8. The second kappa shape index (κ2) is 12.5. The lowest BCUT2D eigenvalue weighted by Crippen LogP contribution is -2.42. The lowest BCUT2D eigenvalue weighted by atomic mass is 10.0. The Morgan fingerprint density at radius 3 is 2.25 bits per heavy atom. The van der Waals surface area contributed by atoms with Crippen LogP contribution in [0.25, 0.3) is 0 Å². The van der Waals surface area contributed by atoms with Gasteiger partial charge in [-0.1, -0.05) is 12.1 Å². The van der Waals surface area contributed by atoms with Crippen molar-refractivity contribution >= 4 is 17.8 Å². The molecule has 9 heteroatoms. The third-order valence-electron chi connectivity index (χ3n) is 5.00. The van der Waals surface area contributed by atoms with E-state index < -0.39 is 23.5 Å². The highest BCUT2D eigenvalue weighted by molar-refractivity contribution is 5.96. The first kappa shape index (κ1) is 27.5. The van der Waals surface area contributed by atoms with Crippen molar-refractivity contribution in [2.24, 2.45) is 11.5 Å². The van der Waals surface area contributed by atoms with Gasteiger partial charge in [0.15, 0.2) is 0 Å². The molecule has 180 valence electrons. The maximum atomic E-state index is 12.3. The monoisotopic (exact) mass is 450 g/mol. The van der Waals surface area contributed by atoms with Crippen molar-refractivity contribution < 1.29 is 24.2 Å². The van der Waals surface area contributed by atoms with E-state index in [-0.39, 0.29) is 24.3 Å². The number of benzene rings is 1. The van der Waals surface area contributed by atoms with Crippen LogP contribution >= 0.6 is 0 Å². The summed E-state index contributed by atoms with van der Waals surface area (Å²) in [4.78, 5) is 36.0. The number of rotatable bonds is 14. The Kier molecular flexibility index (Phi) is 10.8. The molecule has 0 radical (unpaired) electrons. The quantitative estimate of drug-likeness (QED) is 0.288. The molecule has 1 rings (SSSR count). The summed E-state index contributed by atoms with van der Waals surface area (Å²) in [5, 5.41) is 14.6. The van der Waals surface area contributed by atoms with Crippen LogP contribution in [0.1, 0.15) is 69.3 Å². The highest BCUT2D eigenvalue weighted by Gasteiger charge is 2.23. The molecule has 0 aliphatic heterocycles. The number of hydrogen-bond donors (Lipinski definition) is 5. The average Bonchev–Trinajstić information content (AvgIpc) is 2.69. The number of carboxylic acid groups (broad SMARTS) is 1. The summed E-state index contributed by atoms with van der Waals surface area (Å²) in [6.45, 7) is 9.04. The van der Waals surface area contributed by atoms with Crippen LogP contribution in [0, 0.1) is 0 Å². The summed E-state index contributed by atoms with van der Waals surface area (Å²) in [5.41, 5.74) is 12.0. The topological polar surface area (TPSA) is 157 Å². The van der Waals surface area contributed by atoms with Gasteiger partial charge in [-0.15, -0.1) is 0 Å². The largest absolute Gasteiger partial charge is 0.480 e. The molecule has 1 aromatic rings. The van der Waals surface area contributed by atoms with E-state index in [0.29, 0.717) is 31.7 Å². The van der Waals surface area contributed by atoms with Gasteiger partial charge in [-0.05, 0) is 64.7 Å². The van der Waals surface area contributed by atoms with E-state index in [1.54, 1.807) is 24.3 Å². The molecule has 1 aromatic carbocycles. The predicted molar refractivity (Wildman–Crippen MR) is 123 cm³/mol. The van der Waals surface area contributed by atoms with Crippen molar-refractivity contribution in [2.45, 2.75) is 77.1 Å². The molecule has 1 unspecified atom stereocenters. The van der Waals surface area contributed by atoms with Crippen LogP contribution in [0.3, 0.4) is 0 Å². The fourth-order valence-corrected chi connectivity index (χ4v) is 2.82. The van der Waals surface area contributed by atoms with Gasteiger partial charge in [-0.25, -0.2) is 4.79 Å². The van der Waals surface area contributed by atoms with Crippen LogP contribution in [0.15, 0.2) is 24.3 Å². The van der Waals surface area contributed by atoms with E-state index in [1.165, 1.54) is 0 Å². The fraction of sp³-hybridized carbons (Fsp3) is 0.609. The SMILES string of the molecule is CC(C)(N)CCOC(C)(C)CCNC(=O)CCC(NC(=O)c1ccc(CN)cc1)C(=O)O. The number of carbonyl (C=O) groups is 3. The minimum Gasteiger partial charge on any atom is -0.480 e. The summed E-state index contributed by atoms with van der Waals surface area (Å²) in [5.74, 6) is -1.99. The second-order valence-electron chi connectivity index (χ2n) is 9.25. The number of aliphatic carboxylic acids is 1. The van der Waals surface area contributed by atoms with E-state index in [0.717, 1.165) is 12.0 Å². The second-order valence-corrected chi connectivity index (χ2v) is 9.25. The maximum Gasteiger partial charge on any atom is 0.326 e. The van der Waals surface area contributed by atoms with Gasteiger partial charge < -0.3 is 31.9 Å². The van der Waals surface area contributed by atoms with Gasteiger partial charge >= 0.3 is 5.97 Å². The van der Waals surface area contributed by atoms with Gasteiger partial charge in [-0.3, -0.25) is 9.59 Å². The number of ether oxygens (including phenoxy) is 1. The summed E-state index contributed by atoms with van der Waals surface area (Å²) in [7, 11) is 0. The molecular formula is C23H38N4O5. The van der Waals surface area contributed by atoms with E-state index in [1.807, 2.05) is 27.7 Å². The molecule has 32 heavy (non-hydrogen) atoms. The van der Waals surface area contributed by atoms with Crippen LogP contribution in [-0.4, -0.2) is 53.2 Å². The van der Waals surface area contributed by atoms with E-state index >= 15 is 0 Å². The molecule has 0 aliphatic carbocycles. The molecule has 0 heterocycles. The third-order valence-corrected chi connectivity index (χ3v) is 5.00. The molecule has 0 aromatic heterocycles.